The van der Waals surface area contributed by atoms with E-state index in [1.165, 1.54) is 6.42 Å². The van der Waals surface area contributed by atoms with Crippen molar-refractivity contribution in [2.45, 2.75) is 38.5 Å². The molecule has 1 aromatic rings. The van der Waals surface area contributed by atoms with Crippen LogP contribution in [0.25, 0.3) is 0 Å². The predicted molar refractivity (Wildman–Crippen MR) is 67.2 cm³/mol. The first-order valence-electron chi connectivity index (χ1n) is 5.85. The highest BCUT2D eigenvalue weighted by Gasteiger charge is 2.06. The van der Waals surface area contributed by atoms with Crippen molar-refractivity contribution in [2.24, 2.45) is 0 Å². The second-order valence-electron chi connectivity index (χ2n) is 3.79. The van der Waals surface area contributed by atoms with Gasteiger partial charge in [-0.3, -0.25) is 0 Å². The summed E-state index contributed by atoms with van der Waals surface area (Å²) in [5.41, 5.74) is 1.14. The van der Waals surface area contributed by atoms with E-state index in [-0.39, 0.29) is 5.92 Å². The van der Waals surface area contributed by atoms with Gasteiger partial charge < -0.3 is 4.79 Å². The molecule has 1 aromatic carbocycles. The SMILES string of the molecule is CCCCC#CC(CC=O)c1ccccc1. The van der Waals surface area contributed by atoms with Crippen LogP contribution in [0.15, 0.2) is 30.3 Å². The van der Waals surface area contributed by atoms with Crippen LogP contribution in [0.2, 0.25) is 0 Å². The molecule has 0 aliphatic rings. The van der Waals surface area contributed by atoms with E-state index in [2.05, 4.69) is 18.8 Å². The van der Waals surface area contributed by atoms with Crippen LogP contribution < -0.4 is 0 Å². The van der Waals surface area contributed by atoms with Gasteiger partial charge in [0.1, 0.15) is 6.29 Å². The van der Waals surface area contributed by atoms with Crippen molar-refractivity contribution in [3.8, 4) is 11.8 Å². The Labute approximate surface area is 97.9 Å². The van der Waals surface area contributed by atoms with Crippen LogP contribution in [0.4, 0.5) is 0 Å². The molecule has 0 radical (unpaired) electrons. The molecule has 0 fully saturated rings. The molecular weight excluding hydrogens is 196 g/mol. The zero-order valence-electron chi connectivity index (χ0n) is 9.78. The lowest BCUT2D eigenvalue weighted by atomic mass is 9.97. The molecular formula is C15H18O. The lowest BCUT2D eigenvalue weighted by molar-refractivity contribution is -0.107. The summed E-state index contributed by atoms with van der Waals surface area (Å²) in [5.74, 6) is 6.42. The Morgan fingerprint density at radius 3 is 2.69 bits per heavy atom. The van der Waals surface area contributed by atoms with Gasteiger partial charge >= 0.3 is 0 Å². The molecule has 0 aliphatic carbocycles. The van der Waals surface area contributed by atoms with Gasteiger partial charge in [-0.05, 0) is 12.0 Å². The van der Waals surface area contributed by atoms with E-state index in [0.717, 1.165) is 24.7 Å². The van der Waals surface area contributed by atoms with Crippen molar-refractivity contribution in [2.75, 3.05) is 0 Å². The number of rotatable bonds is 5. The quantitative estimate of drug-likeness (QED) is 0.416. The van der Waals surface area contributed by atoms with Crippen molar-refractivity contribution in [3.05, 3.63) is 35.9 Å². The number of benzene rings is 1. The molecule has 0 saturated heterocycles. The van der Waals surface area contributed by atoms with Crippen LogP contribution in [0.5, 0.6) is 0 Å². The molecule has 0 aliphatic heterocycles. The monoisotopic (exact) mass is 214 g/mol. The maximum atomic E-state index is 10.6. The molecule has 0 spiro atoms. The third kappa shape index (κ3) is 4.31. The lowest BCUT2D eigenvalue weighted by Crippen LogP contribution is -1.96. The Kier molecular flexibility index (Phi) is 6.03. The summed E-state index contributed by atoms with van der Waals surface area (Å²) in [6.07, 6.45) is 4.67. The molecule has 0 amide bonds. The molecule has 1 heteroatoms. The minimum absolute atomic E-state index is 0.0653. The number of aldehydes is 1. The van der Waals surface area contributed by atoms with Crippen LogP contribution in [0.1, 0.15) is 44.1 Å². The fourth-order valence-corrected chi connectivity index (χ4v) is 1.52. The zero-order valence-corrected chi connectivity index (χ0v) is 9.78. The standard InChI is InChI=1S/C15H18O/c1-2-3-4-6-11-15(12-13-16)14-9-7-5-8-10-14/h5,7-10,13,15H,2-4,12H2,1H3. The maximum absolute atomic E-state index is 10.6. The minimum atomic E-state index is 0.0653. The van der Waals surface area contributed by atoms with E-state index in [1.807, 2.05) is 30.3 Å². The van der Waals surface area contributed by atoms with E-state index in [9.17, 15) is 4.79 Å². The smallest absolute Gasteiger partial charge is 0.121 e. The van der Waals surface area contributed by atoms with Gasteiger partial charge in [-0.15, -0.1) is 5.92 Å². The van der Waals surface area contributed by atoms with Gasteiger partial charge in [-0.1, -0.05) is 49.6 Å². The van der Waals surface area contributed by atoms with E-state index in [0.29, 0.717) is 6.42 Å². The predicted octanol–water partition coefficient (Wildman–Crippen LogP) is 3.55. The summed E-state index contributed by atoms with van der Waals surface area (Å²) in [6, 6.07) is 10.0. The first kappa shape index (κ1) is 12.5. The second kappa shape index (κ2) is 7.70. The summed E-state index contributed by atoms with van der Waals surface area (Å²) in [6.45, 7) is 2.15. The van der Waals surface area contributed by atoms with Crippen LogP contribution in [-0.4, -0.2) is 6.29 Å². The van der Waals surface area contributed by atoms with Gasteiger partial charge in [0.2, 0.25) is 0 Å². The summed E-state index contributed by atoms with van der Waals surface area (Å²) >= 11 is 0. The molecule has 0 saturated carbocycles. The first-order valence-corrected chi connectivity index (χ1v) is 5.85. The number of hydrogen-bond donors (Lipinski definition) is 0. The fraction of sp³-hybridized carbons (Fsp3) is 0.400. The Balaban J connectivity index is 2.66. The van der Waals surface area contributed by atoms with Crippen molar-refractivity contribution in [1.29, 1.82) is 0 Å². The summed E-state index contributed by atoms with van der Waals surface area (Å²) in [5, 5.41) is 0. The van der Waals surface area contributed by atoms with E-state index < -0.39 is 0 Å². The highest BCUT2D eigenvalue weighted by atomic mass is 16.1. The molecule has 0 heterocycles. The van der Waals surface area contributed by atoms with E-state index in [4.69, 9.17) is 0 Å². The minimum Gasteiger partial charge on any atom is -0.303 e. The van der Waals surface area contributed by atoms with Gasteiger partial charge in [-0.25, -0.2) is 0 Å². The fourth-order valence-electron chi connectivity index (χ4n) is 1.52. The summed E-state index contributed by atoms with van der Waals surface area (Å²) < 4.78 is 0. The third-order valence-corrected chi connectivity index (χ3v) is 2.47. The number of carbonyl (C=O) groups excluding carboxylic acids is 1. The van der Waals surface area contributed by atoms with Gasteiger partial charge in [0.25, 0.3) is 0 Å². The van der Waals surface area contributed by atoms with Crippen LogP contribution in [-0.2, 0) is 4.79 Å². The van der Waals surface area contributed by atoms with Crippen LogP contribution in [0, 0.1) is 11.8 Å². The molecule has 1 atom stereocenters. The molecule has 1 nitrogen and oxygen atoms in total. The van der Waals surface area contributed by atoms with Crippen molar-refractivity contribution in [3.63, 3.8) is 0 Å². The third-order valence-electron chi connectivity index (χ3n) is 2.47. The van der Waals surface area contributed by atoms with Crippen molar-refractivity contribution >= 4 is 6.29 Å². The second-order valence-corrected chi connectivity index (χ2v) is 3.79. The van der Waals surface area contributed by atoms with Crippen molar-refractivity contribution in [1.82, 2.24) is 0 Å². The van der Waals surface area contributed by atoms with Crippen LogP contribution in [0.3, 0.4) is 0 Å². The molecule has 84 valence electrons. The Morgan fingerprint density at radius 1 is 1.31 bits per heavy atom. The zero-order chi connectivity index (χ0) is 11.6. The Hall–Kier alpha value is -1.55. The number of unbranched alkanes of at least 4 members (excludes halogenated alkanes) is 2. The van der Waals surface area contributed by atoms with Gasteiger partial charge in [0, 0.05) is 12.8 Å². The molecule has 16 heavy (non-hydrogen) atoms. The normalized spacial score (nSPS) is 11.3. The molecule has 0 aromatic heterocycles. The van der Waals surface area contributed by atoms with E-state index in [1.54, 1.807) is 0 Å². The highest BCUT2D eigenvalue weighted by molar-refractivity contribution is 5.53. The summed E-state index contributed by atoms with van der Waals surface area (Å²) in [7, 11) is 0. The maximum Gasteiger partial charge on any atom is 0.121 e. The Bertz CT molecular complexity index is 356. The highest BCUT2D eigenvalue weighted by Crippen LogP contribution is 2.17. The average molecular weight is 214 g/mol. The van der Waals surface area contributed by atoms with E-state index >= 15 is 0 Å². The Morgan fingerprint density at radius 2 is 2.06 bits per heavy atom. The largest absolute Gasteiger partial charge is 0.303 e. The lowest BCUT2D eigenvalue weighted by Gasteiger charge is -2.06. The number of carbonyl (C=O) groups is 1. The average Bonchev–Trinajstić information content (AvgIpc) is 2.34. The number of hydrogen-bond acceptors (Lipinski definition) is 1. The van der Waals surface area contributed by atoms with Gasteiger partial charge in [-0.2, -0.15) is 0 Å². The molecule has 0 N–H and O–H groups in total. The molecule has 1 rings (SSSR count). The molecule has 0 bridgehead atoms. The molecule has 1 unspecified atom stereocenters. The van der Waals surface area contributed by atoms with Crippen molar-refractivity contribution < 1.29 is 4.79 Å². The first-order chi connectivity index (χ1) is 7.88. The van der Waals surface area contributed by atoms with Gasteiger partial charge in [0.05, 0.1) is 5.92 Å². The van der Waals surface area contributed by atoms with Gasteiger partial charge in [0.15, 0.2) is 0 Å². The summed E-state index contributed by atoms with van der Waals surface area (Å²) in [4.78, 5) is 10.6. The van der Waals surface area contributed by atoms with Crippen LogP contribution >= 0.6 is 0 Å². The topological polar surface area (TPSA) is 17.1 Å².